The molecule has 0 bridgehead atoms. The third-order valence-electron chi connectivity index (χ3n) is 2.25. The number of rotatable bonds is 5. The van der Waals surface area contributed by atoms with Crippen LogP contribution in [0.2, 0.25) is 0 Å². The number of hydrogen-bond acceptors (Lipinski definition) is 4. The maximum Gasteiger partial charge on any atom is 0.323 e. The number of carbonyl (C=O) groups excluding carboxylic acids is 1. The highest BCUT2D eigenvalue weighted by molar-refractivity contribution is 14.1. The third kappa shape index (κ3) is 3.79. The molecule has 16 heavy (non-hydrogen) atoms. The fourth-order valence-electron chi connectivity index (χ4n) is 1.38. The summed E-state index contributed by atoms with van der Waals surface area (Å²) in [6, 6.07) is 3.48. The van der Waals surface area contributed by atoms with Crippen LogP contribution in [0.15, 0.2) is 16.5 Å². The number of esters is 1. The zero-order chi connectivity index (χ0) is 12.1. The molecule has 0 fully saturated rings. The molecular weight excluding hydrogens is 321 g/mol. The van der Waals surface area contributed by atoms with Gasteiger partial charge in [-0.1, -0.05) is 13.8 Å². The molecule has 0 aliphatic rings. The minimum absolute atomic E-state index is 0.182. The van der Waals surface area contributed by atoms with Crippen molar-refractivity contribution in [3.8, 4) is 0 Å². The van der Waals surface area contributed by atoms with E-state index in [4.69, 9.17) is 9.15 Å². The third-order valence-corrected chi connectivity index (χ3v) is 2.83. The fourth-order valence-corrected chi connectivity index (χ4v) is 1.84. The van der Waals surface area contributed by atoms with Gasteiger partial charge in [0, 0.05) is 0 Å². The van der Waals surface area contributed by atoms with Gasteiger partial charge in [0.15, 0.2) is 3.77 Å². The lowest BCUT2D eigenvalue weighted by molar-refractivity contribution is -0.144. The molecule has 1 aromatic heterocycles. The summed E-state index contributed by atoms with van der Waals surface area (Å²) in [7, 11) is 1.40. The Hall–Kier alpha value is -0.560. The fraction of sp³-hybridized carbons (Fsp3) is 0.545. The molecule has 1 heterocycles. The van der Waals surface area contributed by atoms with E-state index in [1.54, 1.807) is 0 Å². The number of furan rings is 1. The van der Waals surface area contributed by atoms with Crippen molar-refractivity contribution < 1.29 is 13.9 Å². The predicted octanol–water partition coefficient (Wildman–Crippen LogP) is 2.17. The number of hydrogen-bond donors (Lipinski definition) is 1. The Labute approximate surface area is 109 Å². The van der Waals surface area contributed by atoms with Gasteiger partial charge in [0.2, 0.25) is 0 Å². The first-order chi connectivity index (χ1) is 7.54. The standard InChI is InChI=1S/C11H16INO3/c1-7(2)10(11(14)15-3)13-6-8-4-5-9(12)16-8/h4-5,7,10,13H,6H2,1-3H3/t10-/m0/s1. The van der Waals surface area contributed by atoms with Crippen LogP contribution in [0.25, 0.3) is 0 Å². The first-order valence-corrected chi connectivity index (χ1v) is 6.18. The lowest BCUT2D eigenvalue weighted by atomic mass is 10.0. The normalized spacial score (nSPS) is 12.8. The second-order valence-corrected chi connectivity index (χ2v) is 4.89. The summed E-state index contributed by atoms with van der Waals surface area (Å²) in [5.41, 5.74) is 0. The lowest BCUT2D eigenvalue weighted by Crippen LogP contribution is -2.41. The van der Waals surface area contributed by atoms with Gasteiger partial charge in [-0.05, 0) is 40.6 Å². The molecule has 0 spiro atoms. The van der Waals surface area contributed by atoms with Crippen LogP contribution in [0.1, 0.15) is 19.6 Å². The van der Waals surface area contributed by atoms with Crippen molar-refractivity contribution in [1.29, 1.82) is 0 Å². The molecule has 0 saturated carbocycles. The minimum atomic E-state index is -0.298. The van der Waals surface area contributed by atoms with Gasteiger partial charge < -0.3 is 9.15 Å². The molecule has 0 aromatic carbocycles. The van der Waals surface area contributed by atoms with E-state index in [1.807, 2.05) is 26.0 Å². The molecule has 0 unspecified atom stereocenters. The Morgan fingerprint density at radius 1 is 1.56 bits per heavy atom. The van der Waals surface area contributed by atoms with E-state index in [9.17, 15) is 4.79 Å². The number of halogens is 1. The Morgan fingerprint density at radius 3 is 2.69 bits per heavy atom. The highest BCUT2D eigenvalue weighted by Gasteiger charge is 2.22. The van der Waals surface area contributed by atoms with Crippen molar-refractivity contribution in [1.82, 2.24) is 5.32 Å². The monoisotopic (exact) mass is 337 g/mol. The van der Waals surface area contributed by atoms with Gasteiger partial charge in [-0.25, -0.2) is 0 Å². The van der Waals surface area contributed by atoms with E-state index in [0.29, 0.717) is 6.54 Å². The molecule has 1 atom stereocenters. The van der Waals surface area contributed by atoms with Crippen molar-refractivity contribution in [3.63, 3.8) is 0 Å². The number of ether oxygens (including phenoxy) is 1. The summed E-state index contributed by atoms with van der Waals surface area (Å²) >= 11 is 2.11. The van der Waals surface area contributed by atoms with Gasteiger partial charge in [0.1, 0.15) is 11.8 Å². The topological polar surface area (TPSA) is 51.5 Å². The summed E-state index contributed by atoms with van der Waals surface area (Å²) in [6.07, 6.45) is 0. The molecule has 4 nitrogen and oxygen atoms in total. The van der Waals surface area contributed by atoms with Crippen molar-refractivity contribution in [2.45, 2.75) is 26.4 Å². The molecule has 0 saturated heterocycles. The van der Waals surface area contributed by atoms with Gasteiger partial charge in [0.25, 0.3) is 0 Å². The smallest absolute Gasteiger partial charge is 0.323 e. The first kappa shape index (κ1) is 13.5. The molecule has 0 aliphatic carbocycles. The van der Waals surface area contributed by atoms with E-state index in [1.165, 1.54) is 7.11 Å². The molecule has 1 aromatic rings. The van der Waals surface area contributed by atoms with Crippen molar-refractivity contribution in [2.24, 2.45) is 5.92 Å². The molecule has 0 amide bonds. The maximum atomic E-state index is 11.5. The second kappa shape index (κ2) is 6.24. The van der Waals surface area contributed by atoms with E-state index < -0.39 is 0 Å². The van der Waals surface area contributed by atoms with Crippen LogP contribution in [0.4, 0.5) is 0 Å². The summed E-state index contributed by atoms with van der Waals surface area (Å²) in [4.78, 5) is 11.5. The molecule has 0 aliphatic heterocycles. The van der Waals surface area contributed by atoms with E-state index in [2.05, 4.69) is 27.9 Å². The number of nitrogens with one attached hydrogen (secondary N) is 1. The van der Waals surface area contributed by atoms with Crippen LogP contribution >= 0.6 is 22.6 Å². The predicted molar refractivity (Wildman–Crippen MR) is 68.9 cm³/mol. The number of carbonyl (C=O) groups is 1. The maximum absolute atomic E-state index is 11.5. The quantitative estimate of drug-likeness (QED) is 0.661. The van der Waals surface area contributed by atoms with Gasteiger partial charge >= 0.3 is 5.97 Å². The van der Waals surface area contributed by atoms with Crippen molar-refractivity contribution in [2.75, 3.05) is 7.11 Å². The highest BCUT2D eigenvalue weighted by Crippen LogP contribution is 2.11. The van der Waals surface area contributed by atoms with Crippen LogP contribution in [0.5, 0.6) is 0 Å². The summed E-state index contributed by atoms with van der Waals surface area (Å²) in [5, 5.41) is 3.13. The van der Waals surface area contributed by atoms with E-state index >= 15 is 0 Å². The Bertz CT molecular complexity index is 349. The molecule has 90 valence electrons. The largest absolute Gasteiger partial charge is 0.468 e. The van der Waals surface area contributed by atoms with Crippen LogP contribution in [0, 0.1) is 9.68 Å². The summed E-state index contributed by atoms with van der Waals surface area (Å²) in [6.45, 7) is 4.47. The first-order valence-electron chi connectivity index (χ1n) is 5.10. The second-order valence-electron chi connectivity index (χ2n) is 3.83. The molecule has 1 N–H and O–H groups in total. The van der Waals surface area contributed by atoms with Crippen LogP contribution in [-0.4, -0.2) is 19.1 Å². The zero-order valence-electron chi connectivity index (χ0n) is 9.62. The van der Waals surface area contributed by atoms with Gasteiger partial charge in [-0.3, -0.25) is 10.1 Å². The molecular formula is C11H16INO3. The van der Waals surface area contributed by atoms with Crippen molar-refractivity contribution >= 4 is 28.6 Å². The van der Waals surface area contributed by atoms with E-state index in [-0.39, 0.29) is 17.9 Å². The molecule has 5 heteroatoms. The molecule has 1 rings (SSSR count). The van der Waals surface area contributed by atoms with Crippen LogP contribution in [-0.2, 0) is 16.1 Å². The van der Waals surface area contributed by atoms with Gasteiger partial charge in [0.05, 0.1) is 13.7 Å². The Balaban J connectivity index is 2.53. The van der Waals surface area contributed by atoms with Gasteiger partial charge in [-0.15, -0.1) is 0 Å². The van der Waals surface area contributed by atoms with Crippen LogP contribution in [0.3, 0.4) is 0 Å². The average Bonchev–Trinajstić information content (AvgIpc) is 2.63. The summed E-state index contributed by atoms with van der Waals surface area (Å²) < 4.78 is 11.0. The van der Waals surface area contributed by atoms with Crippen LogP contribution < -0.4 is 5.32 Å². The highest BCUT2D eigenvalue weighted by atomic mass is 127. The number of methoxy groups -OCH3 is 1. The van der Waals surface area contributed by atoms with Crippen molar-refractivity contribution in [3.05, 3.63) is 21.7 Å². The zero-order valence-corrected chi connectivity index (χ0v) is 11.8. The molecule has 0 radical (unpaired) electrons. The van der Waals surface area contributed by atoms with E-state index in [0.717, 1.165) is 9.53 Å². The SMILES string of the molecule is COC(=O)[C@@H](NCc1ccc(I)o1)C(C)C. The lowest BCUT2D eigenvalue weighted by Gasteiger charge is -2.18. The minimum Gasteiger partial charge on any atom is -0.468 e. The van der Waals surface area contributed by atoms with Gasteiger partial charge in [-0.2, -0.15) is 0 Å². The Kier molecular flexibility index (Phi) is 5.27. The Morgan fingerprint density at radius 2 is 2.25 bits per heavy atom. The summed E-state index contributed by atoms with van der Waals surface area (Å²) in [5.74, 6) is 0.761. The average molecular weight is 337 g/mol.